The molecule has 1 aromatic rings. The number of hydrogen-bond acceptors (Lipinski definition) is 4. The van der Waals surface area contributed by atoms with Crippen LogP contribution in [0.15, 0.2) is 34.5 Å². The summed E-state index contributed by atoms with van der Waals surface area (Å²) < 4.78 is 5.41. The van der Waals surface area contributed by atoms with Crippen molar-refractivity contribution in [2.75, 3.05) is 6.61 Å². The number of para-hydroxylation sites is 1. The van der Waals surface area contributed by atoms with E-state index in [1.54, 1.807) is 5.48 Å². The first kappa shape index (κ1) is 12.0. The number of hydrogen-bond donors (Lipinski definition) is 3. The molecule has 86 valence electrons. The molecular weight excluding hydrogens is 208 g/mol. The molecule has 0 saturated carbocycles. The van der Waals surface area contributed by atoms with Crippen molar-refractivity contribution >= 4 is 12.2 Å². The average Bonchev–Trinajstić information content (AvgIpc) is 2.30. The van der Waals surface area contributed by atoms with Crippen LogP contribution < -0.4 is 16.0 Å². The van der Waals surface area contributed by atoms with Crippen LogP contribution in [0.3, 0.4) is 0 Å². The SMILES string of the molecule is Cc1ccccc1OC/C=N/N=C(\N)NO. The van der Waals surface area contributed by atoms with Gasteiger partial charge in [-0.1, -0.05) is 18.2 Å². The third kappa shape index (κ3) is 3.97. The van der Waals surface area contributed by atoms with Crippen molar-refractivity contribution in [1.29, 1.82) is 0 Å². The summed E-state index contributed by atoms with van der Waals surface area (Å²) in [6, 6.07) is 7.66. The van der Waals surface area contributed by atoms with E-state index >= 15 is 0 Å². The lowest BCUT2D eigenvalue weighted by Crippen LogP contribution is -2.27. The molecular formula is C10H14N4O2. The van der Waals surface area contributed by atoms with E-state index in [9.17, 15) is 0 Å². The zero-order valence-corrected chi connectivity index (χ0v) is 8.92. The molecule has 6 heteroatoms. The first-order valence-electron chi connectivity index (χ1n) is 4.67. The molecule has 0 heterocycles. The van der Waals surface area contributed by atoms with E-state index in [4.69, 9.17) is 15.7 Å². The van der Waals surface area contributed by atoms with Crippen molar-refractivity contribution in [2.24, 2.45) is 15.9 Å². The summed E-state index contributed by atoms with van der Waals surface area (Å²) in [6.45, 7) is 2.24. The molecule has 4 N–H and O–H groups in total. The minimum absolute atomic E-state index is 0.174. The normalized spacial score (nSPS) is 11.8. The Balaban J connectivity index is 2.39. The fourth-order valence-electron chi connectivity index (χ4n) is 1.00. The third-order valence-electron chi connectivity index (χ3n) is 1.77. The summed E-state index contributed by atoms with van der Waals surface area (Å²) in [7, 11) is 0. The van der Waals surface area contributed by atoms with Crippen LogP contribution in [0.5, 0.6) is 5.75 Å². The number of nitrogens with two attached hydrogens (primary N) is 1. The van der Waals surface area contributed by atoms with E-state index in [-0.39, 0.29) is 12.6 Å². The number of nitrogens with zero attached hydrogens (tertiary/aromatic N) is 2. The van der Waals surface area contributed by atoms with Crippen LogP contribution in [0.4, 0.5) is 0 Å². The Hall–Kier alpha value is -2.08. The van der Waals surface area contributed by atoms with Gasteiger partial charge in [-0.25, -0.2) is 5.48 Å². The molecule has 6 nitrogen and oxygen atoms in total. The standard InChI is InChI=1S/C10H14N4O2/c1-8-4-2-3-5-9(8)16-7-6-12-13-10(11)14-15/h2-6,15H,7H2,1H3,(H3,11,13,14)/b12-6+. The minimum Gasteiger partial charge on any atom is -0.488 e. The molecule has 0 unspecified atom stereocenters. The number of ether oxygens (including phenoxy) is 1. The maximum Gasteiger partial charge on any atom is 0.237 e. The van der Waals surface area contributed by atoms with Crippen LogP contribution in [-0.4, -0.2) is 24.0 Å². The second-order valence-electron chi connectivity index (χ2n) is 2.97. The van der Waals surface area contributed by atoms with Crippen LogP contribution in [-0.2, 0) is 0 Å². The van der Waals surface area contributed by atoms with Crippen molar-refractivity contribution in [2.45, 2.75) is 6.92 Å². The average molecular weight is 222 g/mol. The molecule has 0 bridgehead atoms. The maximum absolute atomic E-state index is 8.29. The topological polar surface area (TPSA) is 92.2 Å². The lowest BCUT2D eigenvalue weighted by atomic mass is 10.2. The molecule has 0 saturated heterocycles. The minimum atomic E-state index is -0.174. The van der Waals surface area contributed by atoms with Crippen LogP contribution in [0.1, 0.15) is 5.56 Å². The molecule has 0 aromatic heterocycles. The van der Waals surface area contributed by atoms with Gasteiger partial charge >= 0.3 is 0 Å². The van der Waals surface area contributed by atoms with Gasteiger partial charge in [0.1, 0.15) is 12.4 Å². The molecule has 0 fully saturated rings. The van der Waals surface area contributed by atoms with E-state index in [2.05, 4.69) is 10.2 Å². The molecule has 1 rings (SSSR count). The Kier molecular flexibility index (Phi) is 4.81. The highest BCUT2D eigenvalue weighted by atomic mass is 16.5. The Morgan fingerprint density at radius 2 is 2.31 bits per heavy atom. The van der Waals surface area contributed by atoms with Gasteiger partial charge in [-0.2, -0.15) is 5.10 Å². The van der Waals surface area contributed by atoms with Gasteiger partial charge in [0.05, 0.1) is 6.21 Å². The van der Waals surface area contributed by atoms with Crippen LogP contribution in [0, 0.1) is 6.92 Å². The van der Waals surface area contributed by atoms with Crippen molar-refractivity contribution in [3.63, 3.8) is 0 Å². The van der Waals surface area contributed by atoms with Crippen LogP contribution in [0.2, 0.25) is 0 Å². The van der Waals surface area contributed by atoms with Crippen molar-refractivity contribution in [3.05, 3.63) is 29.8 Å². The predicted molar refractivity (Wildman–Crippen MR) is 61.7 cm³/mol. The van der Waals surface area contributed by atoms with Crippen molar-refractivity contribution in [1.82, 2.24) is 5.48 Å². The molecule has 0 aliphatic carbocycles. The second kappa shape index (κ2) is 6.41. The highest BCUT2D eigenvalue weighted by molar-refractivity contribution is 5.77. The van der Waals surface area contributed by atoms with Crippen molar-refractivity contribution in [3.8, 4) is 5.75 Å². The van der Waals surface area contributed by atoms with E-state index < -0.39 is 0 Å². The van der Waals surface area contributed by atoms with E-state index in [1.807, 2.05) is 31.2 Å². The summed E-state index contributed by atoms with van der Waals surface area (Å²) >= 11 is 0. The van der Waals surface area contributed by atoms with Gasteiger partial charge in [-0.15, -0.1) is 5.10 Å². The largest absolute Gasteiger partial charge is 0.488 e. The number of benzene rings is 1. The van der Waals surface area contributed by atoms with Gasteiger partial charge < -0.3 is 10.5 Å². The van der Waals surface area contributed by atoms with Gasteiger partial charge in [0.25, 0.3) is 0 Å². The molecule has 0 aliphatic rings. The van der Waals surface area contributed by atoms with E-state index in [1.165, 1.54) is 6.21 Å². The van der Waals surface area contributed by atoms with Gasteiger partial charge in [0, 0.05) is 0 Å². The molecule has 0 spiro atoms. The fraction of sp³-hybridized carbons (Fsp3) is 0.200. The Morgan fingerprint density at radius 3 is 3.00 bits per heavy atom. The number of hydroxylamine groups is 1. The number of guanidine groups is 1. The lowest BCUT2D eigenvalue weighted by molar-refractivity contribution is 0.232. The van der Waals surface area contributed by atoms with Crippen LogP contribution in [0.25, 0.3) is 0 Å². The Labute approximate surface area is 93.4 Å². The summed E-state index contributed by atoms with van der Waals surface area (Å²) in [4.78, 5) is 0. The zero-order chi connectivity index (χ0) is 11.8. The molecule has 0 aliphatic heterocycles. The quantitative estimate of drug-likeness (QED) is 0.396. The number of rotatable bonds is 4. The zero-order valence-electron chi connectivity index (χ0n) is 8.92. The van der Waals surface area contributed by atoms with Crippen LogP contribution >= 0.6 is 0 Å². The Morgan fingerprint density at radius 1 is 1.56 bits per heavy atom. The monoisotopic (exact) mass is 222 g/mol. The van der Waals surface area contributed by atoms with Gasteiger partial charge in [0.15, 0.2) is 0 Å². The molecule has 0 atom stereocenters. The summed E-state index contributed by atoms with van der Waals surface area (Å²) in [5, 5.41) is 15.3. The molecule has 1 aromatic carbocycles. The van der Waals surface area contributed by atoms with Gasteiger partial charge in [-0.3, -0.25) is 5.21 Å². The lowest BCUT2D eigenvalue weighted by Gasteiger charge is -2.04. The number of aryl methyl sites for hydroxylation is 1. The molecule has 0 amide bonds. The highest BCUT2D eigenvalue weighted by Gasteiger charge is 1.94. The summed E-state index contributed by atoms with van der Waals surface area (Å²) in [5.74, 6) is 0.623. The van der Waals surface area contributed by atoms with Gasteiger partial charge in [0.2, 0.25) is 5.96 Å². The molecule has 0 radical (unpaired) electrons. The summed E-state index contributed by atoms with van der Waals surface area (Å²) in [6.07, 6.45) is 1.44. The van der Waals surface area contributed by atoms with E-state index in [0.29, 0.717) is 0 Å². The van der Waals surface area contributed by atoms with Crippen molar-refractivity contribution < 1.29 is 9.94 Å². The first-order valence-corrected chi connectivity index (χ1v) is 4.67. The highest BCUT2D eigenvalue weighted by Crippen LogP contribution is 2.15. The number of nitrogens with one attached hydrogen (secondary N) is 1. The maximum atomic E-state index is 8.29. The van der Waals surface area contributed by atoms with E-state index in [0.717, 1.165) is 11.3 Å². The third-order valence-corrected chi connectivity index (χ3v) is 1.77. The molecule has 16 heavy (non-hydrogen) atoms. The predicted octanol–water partition coefficient (Wildman–Crippen LogP) is 0.653. The second-order valence-corrected chi connectivity index (χ2v) is 2.97. The Bertz CT molecular complexity index is 390. The summed E-state index contributed by atoms with van der Waals surface area (Å²) in [5.41, 5.74) is 7.83. The first-order chi connectivity index (χ1) is 7.74. The smallest absolute Gasteiger partial charge is 0.237 e. The fourth-order valence-corrected chi connectivity index (χ4v) is 1.00. The van der Waals surface area contributed by atoms with Gasteiger partial charge in [-0.05, 0) is 18.6 Å².